The fourth-order valence-corrected chi connectivity index (χ4v) is 3.23. The predicted octanol–water partition coefficient (Wildman–Crippen LogP) is 5.15. The van der Waals surface area contributed by atoms with Gasteiger partial charge in [0, 0.05) is 5.56 Å². The van der Waals surface area contributed by atoms with Crippen LogP contribution in [0, 0.1) is 6.92 Å². The molecule has 0 saturated carbocycles. The van der Waals surface area contributed by atoms with E-state index in [2.05, 4.69) is 29.2 Å². The Morgan fingerprint density at radius 3 is 2.44 bits per heavy atom. The molecule has 160 valence electrons. The van der Waals surface area contributed by atoms with Gasteiger partial charge in [-0.05, 0) is 49.1 Å². The monoisotopic (exact) mass is 426 g/mol. The second-order valence-electron chi connectivity index (χ2n) is 7.25. The molecule has 32 heavy (non-hydrogen) atoms. The number of carbonyl (C=O) groups is 2. The number of cyclic esters (lactones) is 1. The lowest BCUT2D eigenvalue weighted by atomic mass is 10.1. The molecule has 1 fully saturated rings. The van der Waals surface area contributed by atoms with E-state index in [-0.39, 0.29) is 5.76 Å². The van der Waals surface area contributed by atoms with Gasteiger partial charge in [0.2, 0.25) is 5.89 Å². The Labute approximate surface area is 185 Å². The second kappa shape index (κ2) is 9.75. The van der Waals surface area contributed by atoms with Crippen molar-refractivity contribution in [2.24, 2.45) is 0 Å². The highest BCUT2D eigenvalue weighted by atomic mass is 16.6. The number of carbonyl (C=O) groups excluding carboxylic acids is 2. The van der Waals surface area contributed by atoms with E-state index < -0.39 is 12.0 Å². The largest absolute Gasteiger partial charge is 0.441 e. The molecule has 1 aromatic heterocycles. The van der Waals surface area contributed by atoms with E-state index in [1.807, 2.05) is 54.7 Å². The van der Waals surface area contributed by atoms with Crippen LogP contribution in [0.1, 0.15) is 22.6 Å². The Morgan fingerprint density at radius 2 is 1.72 bits per heavy atom. The lowest BCUT2D eigenvalue weighted by Gasteiger charge is -2.01. The smallest absolute Gasteiger partial charge is 0.419 e. The van der Waals surface area contributed by atoms with Crippen molar-refractivity contribution in [3.05, 3.63) is 107 Å². The number of rotatable bonds is 7. The van der Waals surface area contributed by atoms with E-state index in [4.69, 9.17) is 9.15 Å². The van der Waals surface area contributed by atoms with E-state index >= 15 is 0 Å². The van der Waals surface area contributed by atoms with Crippen LogP contribution in [0.15, 0.2) is 89.1 Å². The molecule has 2 aromatic carbocycles. The van der Waals surface area contributed by atoms with Crippen molar-refractivity contribution >= 4 is 18.1 Å². The number of allylic oxidation sites excluding steroid dienone is 4. The number of nitrogens with zero attached hydrogens (tertiary/aromatic N) is 1. The quantitative estimate of drug-likeness (QED) is 0.417. The van der Waals surface area contributed by atoms with Gasteiger partial charge in [0.15, 0.2) is 5.76 Å². The van der Waals surface area contributed by atoms with Crippen molar-refractivity contribution in [3.8, 4) is 11.5 Å². The number of alkyl carbamates (subject to hydrolysis) is 1. The van der Waals surface area contributed by atoms with Crippen molar-refractivity contribution in [3.63, 3.8) is 0 Å². The van der Waals surface area contributed by atoms with Gasteiger partial charge in [0.25, 0.3) is 5.91 Å². The van der Waals surface area contributed by atoms with Crippen LogP contribution < -0.4 is 5.32 Å². The molecule has 1 aliphatic rings. The van der Waals surface area contributed by atoms with Crippen LogP contribution in [0.5, 0.6) is 0 Å². The van der Waals surface area contributed by atoms with Gasteiger partial charge in [0.1, 0.15) is 5.76 Å². The van der Waals surface area contributed by atoms with Crippen molar-refractivity contribution in [1.29, 1.82) is 0 Å². The SMILES string of the molecule is Cc1oc(-c2ccccc2)nc1CCc1ccc(/C=C/C=C/C=C2/OC(=O)NC2=O)cc1. The van der Waals surface area contributed by atoms with E-state index in [0.29, 0.717) is 5.89 Å². The maximum atomic E-state index is 11.3. The summed E-state index contributed by atoms with van der Waals surface area (Å²) < 4.78 is 10.6. The lowest BCUT2D eigenvalue weighted by molar-refractivity contribution is -0.116. The van der Waals surface area contributed by atoms with Crippen LogP contribution in [0.2, 0.25) is 0 Å². The van der Waals surface area contributed by atoms with Gasteiger partial charge in [0.05, 0.1) is 5.69 Å². The van der Waals surface area contributed by atoms with Gasteiger partial charge in [-0.15, -0.1) is 0 Å². The molecule has 6 nitrogen and oxygen atoms in total. The summed E-state index contributed by atoms with van der Waals surface area (Å²) in [7, 11) is 0. The molecule has 0 atom stereocenters. The van der Waals surface area contributed by atoms with Gasteiger partial charge in [-0.2, -0.15) is 0 Å². The molecule has 2 amide bonds. The van der Waals surface area contributed by atoms with Gasteiger partial charge in [-0.3, -0.25) is 10.1 Å². The van der Waals surface area contributed by atoms with E-state index in [1.165, 1.54) is 11.6 Å². The number of ether oxygens (including phenoxy) is 1. The minimum absolute atomic E-state index is 0.0118. The van der Waals surface area contributed by atoms with Crippen molar-refractivity contribution in [2.45, 2.75) is 19.8 Å². The van der Waals surface area contributed by atoms with Gasteiger partial charge < -0.3 is 9.15 Å². The summed E-state index contributed by atoms with van der Waals surface area (Å²) >= 11 is 0. The number of hydrogen-bond donors (Lipinski definition) is 1. The molecule has 2 heterocycles. The molecule has 0 unspecified atom stereocenters. The zero-order chi connectivity index (χ0) is 22.3. The summed E-state index contributed by atoms with van der Waals surface area (Å²) in [6, 6.07) is 18.2. The topological polar surface area (TPSA) is 81.4 Å². The van der Waals surface area contributed by atoms with Crippen molar-refractivity contribution in [1.82, 2.24) is 10.3 Å². The Kier molecular flexibility index (Phi) is 6.41. The highest BCUT2D eigenvalue weighted by molar-refractivity contribution is 6.07. The van der Waals surface area contributed by atoms with Crippen LogP contribution in [0.3, 0.4) is 0 Å². The molecule has 1 N–H and O–H groups in total. The van der Waals surface area contributed by atoms with Crippen molar-refractivity contribution < 1.29 is 18.7 Å². The highest BCUT2D eigenvalue weighted by Crippen LogP contribution is 2.22. The number of hydrogen-bond acceptors (Lipinski definition) is 5. The third kappa shape index (κ3) is 5.29. The second-order valence-corrected chi connectivity index (χ2v) is 7.25. The van der Waals surface area contributed by atoms with Gasteiger partial charge >= 0.3 is 6.09 Å². The van der Waals surface area contributed by atoms with E-state index in [0.717, 1.165) is 35.4 Å². The number of aromatic nitrogens is 1. The number of nitrogens with one attached hydrogen (secondary N) is 1. The first-order valence-corrected chi connectivity index (χ1v) is 10.3. The average Bonchev–Trinajstić information content (AvgIpc) is 3.34. The summed E-state index contributed by atoms with van der Waals surface area (Å²) in [4.78, 5) is 26.9. The van der Waals surface area contributed by atoms with E-state index in [1.54, 1.807) is 12.2 Å². The van der Waals surface area contributed by atoms with Crippen LogP contribution in [0.4, 0.5) is 4.79 Å². The summed E-state index contributed by atoms with van der Waals surface area (Å²) in [5.74, 6) is 0.975. The molecule has 6 heteroatoms. The molecule has 1 aliphatic heterocycles. The molecular formula is C26H22N2O4. The van der Waals surface area contributed by atoms with Gasteiger partial charge in [-0.25, -0.2) is 9.78 Å². The van der Waals surface area contributed by atoms with Crippen LogP contribution >= 0.6 is 0 Å². The molecule has 0 bridgehead atoms. The average molecular weight is 426 g/mol. The standard InChI is InChI=1S/C26H22N2O4/c1-18-22(27-25(31-18)21-9-5-3-6-10-21)17-16-20-14-12-19(13-15-20)8-4-2-7-11-23-24(29)28-26(30)32-23/h2-15H,16-17H2,1H3,(H,28,29,30)/b7-2+,8-4+,23-11+. The molecule has 4 rings (SSSR count). The Balaban J connectivity index is 1.31. The number of benzene rings is 2. The minimum Gasteiger partial charge on any atom is -0.441 e. The van der Waals surface area contributed by atoms with Crippen LogP contribution in [-0.4, -0.2) is 17.0 Å². The zero-order valence-electron chi connectivity index (χ0n) is 17.6. The maximum absolute atomic E-state index is 11.3. The number of aryl methyl sites for hydroxylation is 3. The van der Waals surface area contributed by atoms with Crippen LogP contribution in [0.25, 0.3) is 17.5 Å². The zero-order valence-corrected chi connectivity index (χ0v) is 17.6. The number of amides is 2. The Hall–Kier alpha value is -4.19. The Morgan fingerprint density at radius 1 is 0.938 bits per heavy atom. The maximum Gasteiger partial charge on any atom is 0.419 e. The summed E-state index contributed by atoms with van der Waals surface area (Å²) in [6.45, 7) is 1.95. The molecular weight excluding hydrogens is 404 g/mol. The fraction of sp³-hybridized carbons (Fsp3) is 0.115. The summed E-state index contributed by atoms with van der Waals surface area (Å²) in [5.41, 5.74) is 4.24. The summed E-state index contributed by atoms with van der Waals surface area (Å²) in [5, 5.41) is 2.04. The fourth-order valence-electron chi connectivity index (χ4n) is 3.23. The third-order valence-electron chi connectivity index (χ3n) is 4.94. The molecule has 0 spiro atoms. The minimum atomic E-state index is -0.749. The Bertz CT molecular complexity index is 1200. The molecule has 0 aliphatic carbocycles. The summed E-state index contributed by atoms with van der Waals surface area (Å²) in [6.07, 6.45) is 9.59. The molecule has 0 radical (unpaired) electrons. The van der Waals surface area contributed by atoms with Gasteiger partial charge in [-0.1, -0.05) is 66.8 Å². The van der Waals surface area contributed by atoms with Crippen LogP contribution in [-0.2, 0) is 22.4 Å². The first-order chi connectivity index (χ1) is 15.6. The van der Waals surface area contributed by atoms with Crippen molar-refractivity contribution in [2.75, 3.05) is 0 Å². The highest BCUT2D eigenvalue weighted by Gasteiger charge is 2.25. The first-order valence-electron chi connectivity index (χ1n) is 10.3. The first kappa shape index (κ1) is 21.1. The lowest BCUT2D eigenvalue weighted by Crippen LogP contribution is -2.18. The number of imide groups is 1. The molecule has 3 aromatic rings. The predicted molar refractivity (Wildman–Crippen MR) is 121 cm³/mol. The third-order valence-corrected chi connectivity index (χ3v) is 4.94. The molecule has 1 saturated heterocycles. The normalized spacial score (nSPS) is 15.1. The number of oxazole rings is 1. The van der Waals surface area contributed by atoms with E-state index in [9.17, 15) is 9.59 Å².